The molecule has 7 heteroatoms. The monoisotopic (exact) mass is 437 g/mol. The third kappa shape index (κ3) is 4.23. The maximum absolute atomic E-state index is 13.2. The number of carbonyl (C=O) groups is 1. The van der Waals surface area contributed by atoms with Crippen molar-refractivity contribution in [3.05, 3.63) is 58.9 Å². The van der Waals surface area contributed by atoms with E-state index in [1.807, 2.05) is 17.9 Å². The Bertz CT molecular complexity index is 877. The van der Waals surface area contributed by atoms with Gasteiger partial charge in [0.25, 0.3) is 5.91 Å². The van der Waals surface area contributed by atoms with Crippen molar-refractivity contribution in [2.24, 2.45) is 11.8 Å². The number of aromatic nitrogens is 1. The molecule has 1 aromatic carbocycles. The molecule has 0 radical (unpaired) electrons. The summed E-state index contributed by atoms with van der Waals surface area (Å²) in [7, 11) is 3.79. The summed E-state index contributed by atoms with van der Waals surface area (Å²) in [6.45, 7) is 6.70. The Hall–Kier alpha value is -1.82. The van der Waals surface area contributed by atoms with Crippen molar-refractivity contribution in [3.63, 3.8) is 0 Å². The van der Waals surface area contributed by atoms with Crippen molar-refractivity contribution in [1.29, 1.82) is 0 Å². The lowest BCUT2D eigenvalue weighted by Crippen LogP contribution is -2.33. The molecule has 4 rings (SSSR count). The van der Waals surface area contributed by atoms with Crippen LogP contribution in [0.3, 0.4) is 0 Å². The van der Waals surface area contributed by atoms with Crippen molar-refractivity contribution in [1.82, 2.24) is 14.8 Å². The third-order valence-electron chi connectivity index (χ3n) is 6.14. The zero-order valence-corrected chi connectivity index (χ0v) is 18.9. The van der Waals surface area contributed by atoms with Crippen LogP contribution < -0.4 is 4.74 Å². The van der Waals surface area contributed by atoms with Gasteiger partial charge in [0, 0.05) is 37.3 Å². The number of carbonyl (C=O) groups excluding carboxylic acids is 1. The van der Waals surface area contributed by atoms with E-state index >= 15 is 0 Å². The lowest BCUT2D eigenvalue weighted by molar-refractivity contribution is 0.0764. The van der Waals surface area contributed by atoms with Gasteiger partial charge in [-0.15, -0.1) is 24.8 Å². The molecular formula is C22H29Cl2N3O2. The van der Waals surface area contributed by atoms with Crippen LogP contribution in [0.4, 0.5) is 0 Å². The number of amides is 1. The number of rotatable bonds is 3. The van der Waals surface area contributed by atoms with E-state index in [9.17, 15) is 4.79 Å². The summed E-state index contributed by atoms with van der Waals surface area (Å²) in [4.78, 5) is 21.9. The zero-order chi connectivity index (χ0) is 19.1. The molecule has 2 aliphatic rings. The van der Waals surface area contributed by atoms with Crippen LogP contribution in [0.15, 0.2) is 36.5 Å². The molecule has 0 bridgehead atoms. The van der Waals surface area contributed by atoms with E-state index in [1.54, 1.807) is 13.3 Å². The number of hydrogen-bond acceptors (Lipinski definition) is 4. The van der Waals surface area contributed by atoms with E-state index in [-0.39, 0.29) is 30.7 Å². The average Bonchev–Trinajstić information content (AvgIpc) is 3.18. The van der Waals surface area contributed by atoms with Gasteiger partial charge in [-0.2, -0.15) is 0 Å². The van der Waals surface area contributed by atoms with E-state index in [2.05, 4.69) is 48.1 Å². The van der Waals surface area contributed by atoms with Gasteiger partial charge in [0.1, 0.15) is 5.75 Å². The smallest absolute Gasteiger partial charge is 0.257 e. The first-order valence-corrected chi connectivity index (χ1v) is 9.55. The molecular weight excluding hydrogens is 409 g/mol. The Balaban J connectivity index is 0.00000150. The Kier molecular flexibility index (Phi) is 7.55. The summed E-state index contributed by atoms with van der Waals surface area (Å²) in [6, 6.07) is 10.8. The van der Waals surface area contributed by atoms with Gasteiger partial charge < -0.3 is 9.64 Å². The number of methoxy groups -OCH3 is 1. The highest BCUT2D eigenvalue weighted by Crippen LogP contribution is 2.45. The fraction of sp³-hybridized carbons (Fsp3) is 0.455. The summed E-state index contributed by atoms with van der Waals surface area (Å²) >= 11 is 0. The van der Waals surface area contributed by atoms with Crippen molar-refractivity contribution in [3.8, 4) is 5.75 Å². The number of aryl methyl sites for hydroxylation is 2. The lowest BCUT2D eigenvalue weighted by atomic mass is 9.88. The first-order chi connectivity index (χ1) is 13.0. The van der Waals surface area contributed by atoms with E-state index in [4.69, 9.17) is 4.74 Å². The van der Waals surface area contributed by atoms with Crippen LogP contribution in [0.25, 0.3) is 0 Å². The van der Waals surface area contributed by atoms with Gasteiger partial charge >= 0.3 is 0 Å². The second-order valence-electron chi connectivity index (χ2n) is 7.90. The minimum atomic E-state index is 0. The van der Waals surface area contributed by atoms with Crippen molar-refractivity contribution in [2.45, 2.75) is 19.9 Å². The minimum absolute atomic E-state index is 0. The SMILES string of the molecule is COc1cnc(C)cc1C(=O)N1C[C@@H]2CN(C)[C@@H](c3ccccc3C)[C@@H]2C1.Cl.Cl. The maximum Gasteiger partial charge on any atom is 0.257 e. The molecule has 2 saturated heterocycles. The number of pyridine rings is 1. The van der Waals surface area contributed by atoms with Crippen LogP contribution in [0, 0.1) is 25.7 Å². The number of ether oxygens (including phenoxy) is 1. The molecule has 1 amide bonds. The molecule has 3 heterocycles. The minimum Gasteiger partial charge on any atom is -0.494 e. The van der Waals surface area contributed by atoms with Gasteiger partial charge in [-0.1, -0.05) is 24.3 Å². The highest BCUT2D eigenvalue weighted by atomic mass is 35.5. The molecule has 2 aliphatic heterocycles. The summed E-state index contributed by atoms with van der Waals surface area (Å²) in [5.74, 6) is 1.58. The standard InChI is InChI=1S/C22H27N3O2.2ClH/c1-14-7-5-6-8-17(14)21-19-13-25(12-16(19)11-24(21)3)22(26)18-9-15(2)23-10-20(18)27-4;;/h5-10,16,19,21H,11-13H2,1-4H3;2*1H/t16-,19+,21-;;/m0../s1. The molecule has 0 aliphatic carbocycles. The average molecular weight is 438 g/mol. The number of benzene rings is 1. The van der Waals surface area contributed by atoms with Crippen LogP contribution in [0.1, 0.15) is 33.2 Å². The number of halogens is 2. The Labute approximate surface area is 185 Å². The van der Waals surface area contributed by atoms with Crippen molar-refractivity contribution < 1.29 is 9.53 Å². The normalized spacial score (nSPS) is 23.2. The molecule has 3 atom stereocenters. The number of hydrogen-bond donors (Lipinski definition) is 0. The largest absolute Gasteiger partial charge is 0.494 e. The van der Waals surface area contributed by atoms with Gasteiger partial charge in [-0.3, -0.25) is 14.7 Å². The summed E-state index contributed by atoms with van der Waals surface area (Å²) in [5, 5.41) is 0. The highest BCUT2D eigenvalue weighted by molar-refractivity contribution is 5.97. The molecule has 0 unspecified atom stereocenters. The van der Waals surface area contributed by atoms with Crippen LogP contribution >= 0.6 is 24.8 Å². The van der Waals surface area contributed by atoms with Crippen LogP contribution in [-0.2, 0) is 0 Å². The number of nitrogens with zero attached hydrogens (tertiary/aromatic N) is 3. The summed E-state index contributed by atoms with van der Waals surface area (Å²) < 4.78 is 5.38. The molecule has 0 N–H and O–H groups in total. The topological polar surface area (TPSA) is 45.7 Å². The maximum atomic E-state index is 13.2. The zero-order valence-electron chi connectivity index (χ0n) is 17.3. The van der Waals surface area contributed by atoms with Crippen molar-refractivity contribution >= 4 is 30.7 Å². The van der Waals surface area contributed by atoms with Gasteiger partial charge in [0.2, 0.25) is 0 Å². The highest BCUT2D eigenvalue weighted by Gasteiger charge is 2.47. The third-order valence-corrected chi connectivity index (χ3v) is 6.14. The Morgan fingerprint density at radius 1 is 1.14 bits per heavy atom. The van der Waals surface area contributed by atoms with Gasteiger partial charge in [0.05, 0.1) is 18.9 Å². The molecule has 2 aromatic rings. The fourth-order valence-electron chi connectivity index (χ4n) is 4.86. The Morgan fingerprint density at radius 2 is 1.86 bits per heavy atom. The van der Waals surface area contributed by atoms with Gasteiger partial charge in [0.15, 0.2) is 0 Å². The Morgan fingerprint density at radius 3 is 2.55 bits per heavy atom. The molecule has 0 saturated carbocycles. The first kappa shape index (κ1) is 23.5. The van der Waals surface area contributed by atoms with Crippen LogP contribution in [0.5, 0.6) is 5.75 Å². The predicted molar refractivity (Wildman–Crippen MR) is 119 cm³/mol. The second-order valence-corrected chi connectivity index (χ2v) is 7.90. The first-order valence-electron chi connectivity index (χ1n) is 9.55. The van der Waals surface area contributed by atoms with Gasteiger partial charge in [-0.05, 0) is 44.0 Å². The van der Waals surface area contributed by atoms with E-state index in [0.29, 0.717) is 29.2 Å². The molecule has 158 valence electrons. The summed E-state index contributed by atoms with van der Waals surface area (Å²) in [5.41, 5.74) is 4.16. The van der Waals surface area contributed by atoms with E-state index in [1.165, 1.54) is 11.1 Å². The molecule has 2 fully saturated rings. The summed E-state index contributed by atoms with van der Waals surface area (Å²) in [6.07, 6.45) is 1.64. The van der Waals surface area contributed by atoms with E-state index < -0.39 is 0 Å². The molecule has 5 nitrogen and oxygen atoms in total. The lowest BCUT2D eigenvalue weighted by Gasteiger charge is -2.28. The van der Waals surface area contributed by atoms with E-state index in [0.717, 1.165) is 25.3 Å². The molecule has 29 heavy (non-hydrogen) atoms. The molecule has 0 spiro atoms. The quantitative estimate of drug-likeness (QED) is 0.729. The fourth-order valence-corrected chi connectivity index (χ4v) is 4.86. The van der Waals surface area contributed by atoms with Gasteiger partial charge in [-0.25, -0.2) is 0 Å². The van der Waals surface area contributed by atoms with Crippen molar-refractivity contribution in [2.75, 3.05) is 33.8 Å². The second kappa shape index (κ2) is 9.33. The van der Waals surface area contributed by atoms with Crippen LogP contribution in [-0.4, -0.2) is 54.5 Å². The predicted octanol–water partition coefficient (Wildman–Crippen LogP) is 3.93. The number of likely N-dealkylation sites (tertiary alicyclic amines) is 2. The molecule has 1 aromatic heterocycles. The number of fused-ring (bicyclic) bond motifs is 1. The van der Waals surface area contributed by atoms with Crippen LogP contribution in [0.2, 0.25) is 0 Å².